The SMILES string of the molecule is CCOC(=O)N1CC[N+](C)(C/C=C/c2ccccc2)CC1.[Cl-]. The number of ether oxygens (including phenoxy) is 1. The van der Waals surface area contributed by atoms with E-state index in [-0.39, 0.29) is 18.5 Å². The summed E-state index contributed by atoms with van der Waals surface area (Å²) < 4.78 is 6.03. The van der Waals surface area contributed by atoms with Crippen molar-refractivity contribution in [3.05, 3.63) is 42.0 Å². The third kappa shape index (κ3) is 5.35. The van der Waals surface area contributed by atoms with E-state index in [0.29, 0.717) is 6.61 Å². The average molecular weight is 325 g/mol. The maximum Gasteiger partial charge on any atom is 0.410 e. The number of benzene rings is 1. The van der Waals surface area contributed by atoms with Gasteiger partial charge < -0.3 is 21.6 Å². The highest BCUT2D eigenvalue weighted by atomic mass is 35.5. The van der Waals surface area contributed by atoms with Crippen LogP contribution in [0.4, 0.5) is 4.79 Å². The molecule has 1 aliphatic rings. The summed E-state index contributed by atoms with van der Waals surface area (Å²) in [6.07, 6.45) is 4.22. The van der Waals surface area contributed by atoms with Gasteiger partial charge in [-0.05, 0) is 18.6 Å². The van der Waals surface area contributed by atoms with Gasteiger partial charge in [-0.1, -0.05) is 36.4 Å². The van der Waals surface area contributed by atoms with Crippen LogP contribution in [0.1, 0.15) is 12.5 Å². The molecule has 0 radical (unpaired) electrons. The average Bonchev–Trinajstić information content (AvgIpc) is 2.49. The zero-order valence-corrected chi connectivity index (χ0v) is 14.1. The summed E-state index contributed by atoms with van der Waals surface area (Å²) in [6, 6.07) is 10.3. The summed E-state index contributed by atoms with van der Waals surface area (Å²) >= 11 is 0. The normalized spacial score (nSPS) is 17.1. The van der Waals surface area contributed by atoms with E-state index in [1.807, 2.05) is 30.0 Å². The number of hydrogen-bond donors (Lipinski definition) is 0. The first-order valence-electron chi connectivity index (χ1n) is 7.60. The maximum atomic E-state index is 11.7. The zero-order chi connectivity index (χ0) is 15.1. The topological polar surface area (TPSA) is 29.5 Å². The Bertz CT molecular complexity index is 483. The van der Waals surface area contributed by atoms with Crippen LogP contribution >= 0.6 is 0 Å². The first-order valence-corrected chi connectivity index (χ1v) is 7.60. The van der Waals surface area contributed by atoms with Crippen molar-refractivity contribution in [1.82, 2.24) is 4.90 Å². The molecular formula is C17H25ClN2O2. The molecule has 0 saturated carbocycles. The molecule has 0 N–H and O–H groups in total. The van der Waals surface area contributed by atoms with Crippen LogP contribution in [0.3, 0.4) is 0 Å². The van der Waals surface area contributed by atoms with Crippen molar-refractivity contribution in [2.24, 2.45) is 0 Å². The molecule has 1 saturated heterocycles. The number of rotatable bonds is 4. The fourth-order valence-corrected chi connectivity index (χ4v) is 2.54. The van der Waals surface area contributed by atoms with Crippen LogP contribution in [-0.4, -0.2) is 61.9 Å². The fourth-order valence-electron chi connectivity index (χ4n) is 2.54. The molecule has 122 valence electrons. The van der Waals surface area contributed by atoms with Gasteiger partial charge in [0.2, 0.25) is 0 Å². The first-order chi connectivity index (χ1) is 10.1. The Hall–Kier alpha value is -1.52. The smallest absolute Gasteiger partial charge is 0.410 e. The van der Waals surface area contributed by atoms with Crippen LogP contribution in [-0.2, 0) is 4.74 Å². The highest BCUT2D eigenvalue weighted by Gasteiger charge is 2.30. The van der Waals surface area contributed by atoms with Gasteiger partial charge in [0.25, 0.3) is 0 Å². The minimum atomic E-state index is -0.177. The molecule has 4 nitrogen and oxygen atoms in total. The second kappa shape index (κ2) is 8.81. The van der Waals surface area contributed by atoms with Crippen LogP contribution in [0.25, 0.3) is 6.08 Å². The molecule has 22 heavy (non-hydrogen) atoms. The van der Waals surface area contributed by atoms with Gasteiger partial charge in [-0.25, -0.2) is 4.79 Å². The van der Waals surface area contributed by atoms with Gasteiger partial charge in [-0.2, -0.15) is 0 Å². The monoisotopic (exact) mass is 324 g/mol. The molecule has 0 spiro atoms. The third-order valence-electron chi connectivity index (χ3n) is 4.00. The van der Waals surface area contributed by atoms with E-state index in [0.717, 1.165) is 37.2 Å². The van der Waals surface area contributed by atoms with Crippen molar-refractivity contribution in [3.63, 3.8) is 0 Å². The summed E-state index contributed by atoms with van der Waals surface area (Å²) in [5, 5.41) is 0. The van der Waals surface area contributed by atoms with Crippen molar-refractivity contribution in [2.45, 2.75) is 6.92 Å². The fraction of sp³-hybridized carbons (Fsp3) is 0.471. The molecule has 5 heteroatoms. The highest BCUT2D eigenvalue weighted by molar-refractivity contribution is 5.67. The van der Waals surface area contributed by atoms with Gasteiger partial charge in [-0.15, -0.1) is 0 Å². The molecule has 0 aliphatic carbocycles. The predicted molar refractivity (Wildman–Crippen MR) is 84.9 cm³/mol. The van der Waals surface area contributed by atoms with E-state index < -0.39 is 0 Å². The van der Waals surface area contributed by atoms with Gasteiger partial charge in [0.05, 0.1) is 46.4 Å². The Balaban J connectivity index is 0.00000242. The van der Waals surface area contributed by atoms with E-state index in [1.54, 1.807) is 0 Å². The number of halogens is 1. The highest BCUT2D eigenvalue weighted by Crippen LogP contribution is 2.12. The van der Waals surface area contributed by atoms with Gasteiger partial charge in [-0.3, -0.25) is 4.90 Å². The molecule has 1 heterocycles. The van der Waals surface area contributed by atoms with E-state index in [9.17, 15) is 4.79 Å². The van der Waals surface area contributed by atoms with Crippen LogP contribution in [0.15, 0.2) is 36.4 Å². The first kappa shape index (κ1) is 18.5. The lowest BCUT2D eigenvalue weighted by Crippen LogP contribution is -3.00. The van der Waals surface area contributed by atoms with E-state index in [2.05, 4.69) is 31.3 Å². The largest absolute Gasteiger partial charge is 1.00 e. The number of carbonyl (C=O) groups excluding carboxylic acids is 1. The standard InChI is InChI=1S/C17H25N2O2.ClH/c1-3-21-17(20)18-11-14-19(2,15-12-18)13-7-10-16-8-5-4-6-9-16;/h4-10H,3,11-15H2,1-2H3;1H/q+1;/p-1/b10-7+;. The number of nitrogens with zero attached hydrogens (tertiary/aromatic N) is 2. The number of carbonyl (C=O) groups is 1. The molecule has 0 unspecified atom stereocenters. The molecular weight excluding hydrogens is 300 g/mol. The lowest BCUT2D eigenvalue weighted by molar-refractivity contribution is -0.907. The summed E-state index contributed by atoms with van der Waals surface area (Å²) in [7, 11) is 2.25. The summed E-state index contributed by atoms with van der Waals surface area (Å²) in [5.74, 6) is 0. The summed E-state index contributed by atoms with van der Waals surface area (Å²) in [4.78, 5) is 13.5. The zero-order valence-electron chi connectivity index (χ0n) is 13.4. The Morgan fingerprint density at radius 2 is 1.91 bits per heavy atom. The molecule has 0 atom stereocenters. The van der Waals surface area contributed by atoms with Crippen molar-refractivity contribution in [2.75, 3.05) is 46.4 Å². The van der Waals surface area contributed by atoms with E-state index in [4.69, 9.17) is 4.74 Å². The van der Waals surface area contributed by atoms with Gasteiger partial charge in [0.15, 0.2) is 0 Å². The number of likely N-dealkylation sites (N-methyl/N-ethyl adjacent to an activating group) is 1. The Morgan fingerprint density at radius 1 is 1.27 bits per heavy atom. The van der Waals surface area contributed by atoms with Crippen LogP contribution in [0.2, 0.25) is 0 Å². The number of hydrogen-bond acceptors (Lipinski definition) is 2. The van der Waals surface area contributed by atoms with Crippen LogP contribution in [0.5, 0.6) is 0 Å². The Labute approximate surface area is 139 Å². The van der Waals surface area contributed by atoms with Gasteiger partial charge in [0, 0.05) is 0 Å². The molecule has 0 bridgehead atoms. The quantitative estimate of drug-likeness (QED) is 0.707. The number of piperazine rings is 1. The minimum Gasteiger partial charge on any atom is -1.00 e. The van der Waals surface area contributed by atoms with Crippen molar-refractivity contribution in [3.8, 4) is 0 Å². The number of amides is 1. The summed E-state index contributed by atoms with van der Waals surface area (Å²) in [5.41, 5.74) is 1.23. The Morgan fingerprint density at radius 3 is 2.50 bits per heavy atom. The molecule has 1 fully saturated rings. The second-order valence-electron chi connectivity index (χ2n) is 5.75. The lowest BCUT2D eigenvalue weighted by atomic mass is 10.2. The van der Waals surface area contributed by atoms with Gasteiger partial charge >= 0.3 is 6.09 Å². The maximum absolute atomic E-state index is 11.7. The van der Waals surface area contributed by atoms with E-state index >= 15 is 0 Å². The lowest BCUT2D eigenvalue weighted by Gasteiger charge is -2.40. The minimum absolute atomic E-state index is 0. The molecule has 2 rings (SSSR count). The van der Waals surface area contributed by atoms with Crippen molar-refractivity contribution in [1.29, 1.82) is 0 Å². The van der Waals surface area contributed by atoms with Crippen LogP contribution < -0.4 is 12.4 Å². The van der Waals surface area contributed by atoms with Crippen molar-refractivity contribution >= 4 is 12.2 Å². The molecule has 1 amide bonds. The predicted octanol–water partition coefficient (Wildman–Crippen LogP) is -0.377. The van der Waals surface area contributed by atoms with Gasteiger partial charge in [0.1, 0.15) is 0 Å². The molecule has 1 aliphatic heterocycles. The summed E-state index contributed by atoms with van der Waals surface area (Å²) in [6.45, 7) is 6.77. The van der Waals surface area contributed by atoms with E-state index in [1.165, 1.54) is 5.56 Å². The Kier molecular flexibility index (Phi) is 7.42. The molecule has 1 aromatic carbocycles. The molecule has 0 aromatic heterocycles. The van der Waals surface area contributed by atoms with Crippen LogP contribution in [0, 0.1) is 0 Å². The number of quaternary nitrogens is 1. The third-order valence-corrected chi connectivity index (χ3v) is 4.00. The second-order valence-corrected chi connectivity index (χ2v) is 5.75. The molecule has 1 aromatic rings. The van der Waals surface area contributed by atoms with Crippen molar-refractivity contribution < 1.29 is 26.4 Å².